The molecule has 0 rings (SSSR count). The van der Waals surface area contributed by atoms with Gasteiger partial charge in [0.15, 0.2) is 0 Å². The van der Waals surface area contributed by atoms with Crippen molar-refractivity contribution in [3.05, 3.63) is 0 Å². The third-order valence-corrected chi connectivity index (χ3v) is 0. The summed E-state index contributed by atoms with van der Waals surface area (Å²) < 4.78 is 31.6. The van der Waals surface area contributed by atoms with E-state index in [-0.39, 0.29) is 48.0 Å². The first-order chi connectivity index (χ1) is 3.73. The number of hydrogen-bond acceptors (Lipinski definition) is 3. The first-order valence-electron chi connectivity index (χ1n) is 1.35. The van der Waals surface area contributed by atoms with Crippen molar-refractivity contribution in [2.75, 3.05) is 0 Å². The second-order valence-corrected chi connectivity index (χ2v) is 1.63. The van der Waals surface area contributed by atoms with Gasteiger partial charge in [-0.2, -0.15) is 8.42 Å². The molecular weight excluding hydrogens is 208 g/mol. The second kappa shape index (κ2) is 10.4. The molecule has 0 saturated heterocycles. The van der Waals surface area contributed by atoms with Crippen LogP contribution in [0.15, 0.2) is 0 Å². The number of carbonyl (C=O) groups is 1. The molecule has 0 amide bonds. The van der Waals surface area contributed by atoms with Gasteiger partial charge in [0.1, 0.15) is 0 Å². The molecule has 0 aliphatic rings. The Labute approximate surface area is 96.6 Å². The molecule has 0 aromatic heterocycles. The summed E-state index contributed by atoms with van der Waals surface area (Å²) >= 11 is 0. The normalized spacial score (nSPS) is 7.45. The van der Waals surface area contributed by atoms with E-state index in [0.717, 1.165) is 0 Å². The molecule has 0 aromatic carbocycles. The Bertz CT molecular complexity index is 167. The van der Waals surface area contributed by atoms with E-state index in [0.29, 0.717) is 0 Å². The Morgan fingerprint density at radius 2 is 1.18 bits per heavy atom. The minimum Gasteiger partial charge on any atom is -1.00 e. The predicted octanol–water partition coefficient (Wildman–Crippen LogP) is 0.0499. The van der Waals surface area contributed by atoms with Crippen LogP contribution in [0, 0.1) is 0 Å². The fraction of sp³-hybridized carbons (Fsp3) is 0.500. The Hall–Kier alpha value is 0.400. The summed E-state index contributed by atoms with van der Waals surface area (Å²) in [5.41, 5.74) is 0. The second-order valence-electron chi connectivity index (χ2n) is 0.730. The Morgan fingerprint density at radius 3 is 1.18 bits per heavy atom. The van der Waals surface area contributed by atoms with Gasteiger partial charge in [0.05, 0.1) is 0 Å². The van der Waals surface area contributed by atoms with Gasteiger partial charge in [-0.25, -0.2) is 4.79 Å². The van der Waals surface area contributed by atoms with E-state index >= 15 is 0 Å². The van der Waals surface area contributed by atoms with Crippen molar-refractivity contribution in [2.45, 2.75) is 7.43 Å². The number of hydrogen-bond donors (Lipinski definition) is 4. The van der Waals surface area contributed by atoms with Gasteiger partial charge in [-0.15, -0.1) is 0 Å². The predicted molar refractivity (Wildman–Crippen MR) is 39.5 cm³/mol. The zero-order valence-corrected chi connectivity index (χ0v) is 7.65. The van der Waals surface area contributed by atoms with Crippen LogP contribution in [0.3, 0.4) is 0 Å². The van der Waals surface area contributed by atoms with E-state index in [4.69, 9.17) is 32.5 Å². The number of rotatable bonds is 0. The van der Waals surface area contributed by atoms with Crippen LogP contribution in [0.1, 0.15) is 10.3 Å². The Kier molecular flexibility index (Phi) is 21.3. The van der Waals surface area contributed by atoms with Gasteiger partial charge in [-0.05, 0) is 0 Å². The maximum absolute atomic E-state index is 8.74. The van der Waals surface area contributed by atoms with Crippen molar-refractivity contribution in [1.29, 1.82) is 0 Å². The summed E-state index contributed by atoms with van der Waals surface area (Å²) in [5, 5.41) is 13.9. The van der Waals surface area contributed by atoms with E-state index in [1.54, 1.807) is 0 Å². The maximum Gasteiger partial charge on any atom is 2.00 e. The maximum atomic E-state index is 8.74. The van der Waals surface area contributed by atoms with E-state index < -0.39 is 16.6 Å². The van der Waals surface area contributed by atoms with Crippen LogP contribution in [0.2, 0.25) is 0 Å². The van der Waals surface area contributed by atoms with Gasteiger partial charge >= 0.3 is 54.3 Å². The summed E-state index contributed by atoms with van der Waals surface area (Å²) in [6.45, 7) is 0. The van der Waals surface area contributed by atoms with Crippen molar-refractivity contribution in [3.8, 4) is 0 Å². The molecule has 9 heteroatoms. The Morgan fingerprint density at radius 1 is 1.18 bits per heavy atom. The van der Waals surface area contributed by atoms with Crippen LogP contribution >= 0.6 is 0 Å². The molecule has 68 valence electrons. The van der Waals surface area contributed by atoms with Crippen molar-refractivity contribution in [2.24, 2.45) is 0 Å². The van der Waals surface area contributed by atoms with Crippen LogP contribution in [0.25, 0.3) is 0 Å². The fourth-order valence-corrected chi connectivity index (χ4v) is 0. The SMILES string of the molecule is C.O=C(O)O.O=S(=O)(O)O.[Ca+2].[H-].[H-]. The molecule has 0 atom stereocenters. The van der Waals surface area contributed by atoms with E-state index in [9.17, 15) is 0 Å². The molecule has 0 bridgehead atoms. The summed E-state index contributed by atoms with van der Waals surface area (Å²) in [4.78, 5) is 8.56. The smallest absolute Gasteiger partial charge is 1.00 e. The third-order valence-electron chi connectivity index (χ3n) is 0. The van der Waals surface area contributed by atoms with Gasteiger partial charge in [-0.1, -0.05) is 7.43 Å². The van der Waals surface area contributed by atoms with Gasteiger partial charge in [0, 0.05) is 0 Å². The number of carboxylic acid groups (broad SMARTS) is 2. The fourth-order valence-electron chi connectivity index (χ4n) is 0. The Balaban J connectivity index is -0.0000000146. The minimum atomic E-state index is -4.67. The molecule has 0 heterocycles. The molecule has 0 aromatic rings. The quantitative estimate of drug-likeness (QED) is 0.333. The molecular formula is C2H10CaO7S. The minimum absolute atomic E-state index is 0. The molecule has 0 fully saturated rings. The third kappa shape index (κ3) is 4590. The topological polar surface area (TPSA) is 132 Å². The molecule has 4 N–H and O–H groups in total. The first-order valence-corrected chi connectivity index (χ1v) is 2.75. The van der Waals surface area contributed by atoms with Gasteiger partial charge in [0.25, 0.3) is 0 Å². The molecule has 11 heavy (non-hydrogen) atoms. The van der Waals surface area contributed by atoms with Crippen LogP contribution in [-0.2, 0) is 10.4 Å². The van der Waals surface area contributed by atoms with E-state index in [1.165, 1.54) is 0 Å². The summed E-state index contributed by atoms with van der Waals surface area (Å²) in [7, 11) is -4.67. The molecule has 0 spiro atoms. The van der Waals surface area contributed by atoms with Crippen molar-refractivity contribution in [3.63, 3.8) is 0 Å². The summed E-state index contributed by atoms with van der Waals surface area (Å²) in [6, 6.07) is 0. The molecule has 0 saturated carbocycles. The largest absolute Gasteiger partial charge is 2.00 e. The molecule has 0 aliphatic carbocycles. The van der Waals surface area contributed by atoms with Crippen LogP contribution in [0.5, 0.6) is 0 Å². The molecule has 0 radical (unpaired) electrons. The average molecular weight is 218 g/mol. The standard InChI is InChI=1S/CH2O3.CH4.Ca.H2O4S.2H/c2-1(3)4;;;1-5(2,3)4;;/h(H2,2,3,4);1H4;;(H2,1,2,3,4);;/q;;+2;;2*-1. The van der Waals surface area contributed by atoms with Gasteiger partial charge < -0.3 is 13.1 Å². The molecule has 7 nitrogen and oxygen atoms in total. The zero-order chi connectivity index (χ0) is 8.08. The molecule has 0 unspecified atom stereocenters. The average Bonchev–Trinajstić information content (AvgIpc) is 1.19. The van der Waals surface area contributed by atoms with Crippen molar-refractivity contribution >= 4 is 54.3 Å². The van der Waals surface area contributed by atoms with E-state index in [1.807, 2.05) is 0 Å². The van der Waals surface area contributed by atoms with Crippen molar-refractivity contribution in [1.82, 2.24) is 0 Å². The molecule has 0 aliphatic heterocycles. The summed E-state index contributed by atoms with van der Waals surface area (Å²) in [5.74, 6) is 0. The monoisotopic (exact) mass is 218 g/mol. The van der Waals surface area contributed by atoms with Crippen molar-refractivity contribution < 1.29 is 35.4 Å². The van der Waals surface area contributed by atoms with Gasteiger partial charge in [0.2, 0.25) is 0 Å². The van der Waals surface area contributed by atoms with Crippen LogP contribution in [-0.4, -0.2) is 71.6 Å². The summed E-state index contributed by atoms with van der Waals surface area (Å²) in [6.07, 6.45) is -1.83. The van der Waals surface area contributed by atoms with E-state index in [2.05, 4.69) is 0 Å². The van der Waals surface area contributed by atoms with Gasteiger partial charge in [-0.3, -0.25) is 9.11 Å². The van der Waals surface area contributed by atoms with Crippen LogP contribution in [0.4, 0.5) is 4.79 Å². The first kappa shape index (κ1) is 22.5. The zero-order valence-electron chi connectivity index (χ0n) is 6.63. The van der Waals surface area contributed by atoms with Crippen LogP contribution < -0.4 is 0 Å².